The van der Waals surface area contributed by atoms with E-state index < -0.39 is 0 Å². The highest BCUT2D eigenvalue weighted by atomic mass is 16.1. The number of hydrogen-bond donors (Lipinski definition) is 0. The lowest BCUT2D eigenvalue weighted by atomic mass is 10.00. The summed E-state index contributed by atoms with van der Waals surface area (Å²) in [7, 11) is 0. The Balaban J connectivity index is 3.89. The summed E-state index contributed by atoms with van der Waals surface area (Å²) in [4.78, 5) is 10.9. The molecule has 0 aliphatic heterocycles. The molecule has 0 aliphatic carbocycles. The fraction of sp³-hybridized carbons (Fsp3) is 0.625. The maximum Gasteiger partial charge on any atom is 0.158 e. The first-order valence-corrected chi connectivity index (χ1v) is 3.31. The zero-order valence-electron chi connectivity index (χ0n) is 6.40. The van der Waals surface area contributed by atoms with E-state index in [1.807, 2.05) is 20.8 Å². The maximum atomic E-state index is 10.9. The van der Waals surface area contributed by atoms with Crippen LogP contribution in [0.25, 0.3) is 0 Å². The second kappa shape index (κ2) is 3.44. The summed E-state index contributed by atoms with van der Waals surface area (Å²) in [6.45, 7) is 9.50. The van der Waals surface area contributed by atoms with Crippen molar-refractivity contribution in [3.63, 3.8) is 0 Å². The van der Waals surface area contributed by atoms with Crippen LogP contribution in [-0.2, 0) is 4.79 Å². The van der Waals surface area contributed by atoms with Gasteiger partial charge in [0.25, 0.3) is 0 Å². The quantitative estimate of drug-likeness (QED) is 0.530. The number of carbonyl (C=O) groups is 1. The van der Waals surface area contributed by atoms with Crippen molar-refractivity contribution in [2.24, 2.45) is 5.92 Å². The first-order valence-electron chi connectivity index (χ1n) is 3.31. The lowest BCUT2D eigenvalue weighted by molar-refractivity contribution is -0.115. The third kappa shape index (κ3) is 2.45. The highest BCUT2D eigenvalue weighted by Gasteiger charge is 2.06. The van der Waals surface area contributed by atoms with Crippen LogP contribution in [-0.4, -0.2) is 5.78 Å². The second-order valence-electron chi connectivity index (χ2n) is 2.46. The van der Waals surface area contributed by atoms with Gasteiger partial charge in [-0.1, -0.05) is 27.4 Å². The average molecular weight is 126 g/mol. The summed E-state index contributed by atoms with van der Waals surface area (Å²) in [5.74, 6) is 0.488. The molecule has 0 fully saturated rings. The first kappa shape index (κ1) is 8.41. The molecule has 0 aliphatic rings. The molecule has 0 saturated heterocycles. The Hall–Kier alpha value is -0.590. The van der Waals surface area contributed by atoms with Gasteiger partial charge in [-0.15, -0.1) is 0 Å². The fourth-order valence-corrected chi connectivity index (χ4v) is 0.549. The average Bonchev–Trinajstić information content (AvgIpc) is 1.84. The smallest absolute Gasteiger partial charge is 0.158 e. The van der Waals surface area contributed by atoms with Gasteiger partial charge in [-0.05, 0) is 11.5 Å². The molecule has 1 nitrogen and oxygen atoms in total. The molecule has 0 radical (unpaired) electrons. The standard InChI is InChI=1S/C8H14O/c1-5-8(9)7(4)6(2)3/h6H,4-5H2,1-3H3. The van der Waals surface area contributed by atoms with Gasteiger partial charge in [0.1, 0.15) is 0 Å². The molecule has 0 amide bonds. The van der Waals surface area contributed by atoms with Crippen molar-refractivity contribution >= 4 is 5.78 Å². The third-order valence-electron chi connectivity index (χ3n) is 1.38. The zero-order chi connectivity index (χ0) is 7.44. The molecule has 0 unspecified atom stereocenters. The summed E-state index contributed by atoms with van der Waals surface area (Å²) >= 11 is 0. The predicted molar refractivity (Wildman–Crippen MR) is 39.3 cm³/mol. The Morgan fingerprint density at radius 2 is 2.00 bits per heavy atom. The minimum Gasteiger partial charge on any atom is -0.295 e. The van der Waals surface area contributed by atoms with E-state index in [1.165, 1.54) is 0 Å². The minimum atomic E-state index is 0.185. The Labute approximate surface area is 56.8 Å². The molecule has 0 aromatic carbocycles. The molecule has 0 atom stereocenters. The van der Waals surface area contributed by atoms with E-state index in [2.05, 4.69) is 6.58 Å². The molecule has 1 heteroatoms. The van der Waals surface area contributed by atoms with Crippen LogP contribution in [0, 0.1) is 5.92 Å². The molecule has 0 aromatic rings. The van der Waals surface area contributed by atoms with Gasteiger partial charge in [-0.25, -0.2) is 0 Å². The molecule has 0 heterocycles. The second-order valence-corrected chi connectivity index (χ2v) is 2.46. The zero-order valence-corrected chi connectivity index (χ0v) is 6.40. The highest BCUT2D eigenvalue weighted by Crippen LogP contribution is 2.08. The fourth-order valence-electron chi connectivity index (χ4n) is 0.549. The largest absolute Gasteiger partial charge is 0.295 e. The van der Waals surface area contributed by atoms with Crippen LogP contribution in [0.5, 0.6) is 0 Å². The number of Topliss-reactive ketones (excluding diaryl/α,β-unsaturated/α-hetero) is 1. The summed E-state index contributed by atoms with van der Waals surface area (Å²) in [5.41, 5.74) is 0.748. The minimum absolute atomic E-state index is 0.185. The Morgan fingerprint density at radius 3 is 2.11 bits per heavy atom. The molecular weight excluding hydrogens is 112 g/mol. The van der Waals surface area contributed by atoms with Gasteiger partial charge >= 0.3 is 0 Å². The number of hydrogen-bond acceptors (Lipinski definition) is 1. The molecule has 0 spiro atoms. The van der Waals surface area contributed by atoms with Crippen LogP contribution in [0.15, 0.2) is 12.2 Å². The van der Waals surface area contributed by atoms with Gasteiger partial charge in [0.2, 0.25) is 0 Å². The van der Waals surface area contributed by atoms with Crippen molar-refractivity contribution in [3.05, 3.63) is 12.2 Å². The summed E-state index contributed by atoms with van der Waals surface area (Å²) in [5, 5.41) is 0. The summed E-state index contributed by atoms with van der Waals surface area (Å²) < 4.78 is 0. The van der Waals surface area contributed by atoms with Crippen LogP contribution in [0.1, 0.15) is 27.2 Å². The van der Waals surface area contributed by atoms with Crippen LogP contribution < -0.4 is 0 Å². The molecule has 0 rings (SSSR count). The molecule has 52 valence electrons. The summed E-state index contributed by atoms with van der Waals surface area (Å²) in [6.07, 6.45) is 0.580. The van der Waals surface area contributed by atoms with Crippen molar-refractivity contribution in [2.75, 3.05) is 0 Å². The monoisotopic (exact) mass is 126 g/mol. The van der Waals surface area contributed by atoms with Gasteiger partial charge in [-0.2, -0.15) is 0 Å². The summed E-state index contributed by atoms with van der Waals surface area (Å²) in [6, 6.07) is 0. The number of rotatable bonds is 3. The van der Waals surface area contributed by atoms with Crippen molar-refractivity contribution < 1.29 is 4.79 Å². The molecule has 0 N–H and O–H groups in total. The van der Waals surface area contributed by atoms with E-state index in [1.54, 1.807) is 0 Å². The van der Waals surface area contributed by atoms with Gasteiger partial charge in [0.05, 0.1) is 0 Å². The predicted octanol–water partition coefficient (Wildman–Crippen LogP) is 2.18. The van der Waals surface area contributed by atoms with E-state index in [4.69, 9.17) is 0 Å². The third-order valence-corrected chi connectivity index (χ3v) is 1.38. The highest BCUT2D eigenvalue weighted by molar-refractivity contribution is 5.94. The molecule has 0 bridgehead atoms. The van der Waals surface area contributed by atoms with E-state index in [9.17, 15) is 4.79 Å². The van der Waals surface area contributed by atoms with Gasteiger partial charge < -0.3 is 0 Å². The van der Waals surface area contributed by atoms with Crippen molar-refractivity contribution in [1.29, 1.82) is 0 Å². The lowest BCUT2D eigenvalue weighted by Gasteiger charge is -2.04. The Kier molecular flexibility index (Phi) is 3.21. The van der Waals surface area contributed by atoms with Gasteiger partial charge in [-0.3, -0.25) is 4.79 Å². The van der Waals surface area contributed by atoms with Gasteiger partial charge in [0.15, 0.2) is 5.78 Å². The SMILES string of the molecule is C=C(C(=O)CC)C(C)C. The lowest BCUT2D eigenvalue weighted by Crippen LogP contribution is -2.04. The van der Waals surface area contributed by atoms with E-state index in [-0.39, 0.29) is 5.78 Å². The van der Waals surface area contributed by atoms with Crippen LogP contribution >= 0.6 is 0 Å². The van der Waals surface area contributed by atoms with Gasteiger partial charge in [0, 0.05) is 6.42 Å². The first-order chi connectivity index (χ1) is 4.09. The van der Waals surface area contributed by atoms with E-state index in [0.29, 0.717) is 12.3 Å². The van der Waals surface area contributed by atoms with Crippen LogP contribution in [0.3, 0.4) is 0 Å². The number of allylic oxidation sites excluding steroid dienone is 1. The Bertz CT molecular complexity index is 123. The van der Waals surface area contributed by atoms with Crippen LogP contribution in [0.4, 0.5) is 0 Å². The molecule has 9 heavy (non-hydrogen) atoms. The molecule has 0 aromatic heterocycles. The maximum absolute atomic E-state index is 10.9. The topological polar surface area (TPSA) is 17.1 Å². The van der Waals surface area contributed by atoms with Crippen molar-refractivity contribution in [1.82, 2.24) is 0 Å². The number of carbonyl (C=O) groups excluding carboxylic acids is 1. The van der Waals surface area contributed by atoms with Crippen molar-refractivity contribution in [3.8, 4) is 0 Å². The van der Waals surface area contributed by atoms with E-state index >= 15 is 0 Å². The van der Waals surface area contributed by atoms with Crippen molar-refractivity contribution in [2.45, 2.75) is 27.2 Å². The Morgan fingerprint density at radius 1 is 1.56 bits per heavy atom. The van der Waals surface area contributed by atoms with Crippen LogP contribution in [0.2, 0.25) is 0 Å². The molecule has 0 saturated carbocycles. The normalized spacial score (nSPS) is 9.78. The van der Waals surface area contributed by atoms with E-state index in [0.717, 1.165) is 5.57 Å². The number of ketones is 1. The molecular formula is C8H14O.